The molecule has 7 heteroatoms. The Kier molecular flexibility index (Phi) is 3.40. The number of Topliss-reactive ketones (excluding diaryl/α,β-unsaturated/α-hetero) is 1. The normalized spacial score (nSPS) is 11.1. The highest BCUT2D eigenvalue weighted by atomic mass is 19.4. The SMILES string of the molecule is CC(=O)c1cc(N=C(N)N)cc(C(F)(F)F)c1. The Morgan fingerprint density at radius 2 is 1.82 bits per heavy atom. The standard InChI is InChI=1S/C10H10F3N3O/c1-5(17)6-2-7(10(11,12)13)4-8(3-6)16-9(14)15/h2-4H,1H3,(H4,14,15,16). The van der Waals surface area contributed by atoms with Crippen LogP contribution in [0.25, 0.3) is 0 Å². The molecule has 1 aromatic carbocycles. The Morgan fingerprint density at radius 3 is 2.24 bits per heavy atom. The van der Waals surface area contributed by atoms with Crippen LogP contribution in [0.4, 0.5) is 18.9 Å². The molecule has 0 spiro atoms. The van der Waals surface area contributed by atoms with Crippen LogP contribution in [0, 0.1) is 0 Å². The van der Waals surface area contributed by atoms with Crippen molar-refractivity contribution in [3.63, 3.8) is 0 Å². The van der Waals surface area contributed by atoms with Crippen molar-refractivity contribution >= 4 is 17.4 Å². The van der Waals surface area contributed by atoms with Crippen molar-refractivity contribution in [2.45, 2.75) is 13.1 Å². The number of nitrogens with zero attached hydrogens (tertiary/aromatic N) is 1. The smallest absolute Gasteiger partial charge is 0.370 e. The molecule has 0 fully saturated rings. The van der Waals surface area contributed by atoms with Gasteiger partial charge in [-0.15, -0.1) is 0 Å². The van der Waals surface area contributed by atoms with E-state index >= 15 is 0 Å². The van der Waals surface area contributed by atoms with E-state index in [4.69, 9.17) is 11.5 Å². The van der Waals surface area contributed by atoms with Gasteiger partial charge < -0.3 is 11.5 Å². The van der Waals surface area contributed by atoms with Gasteiger partial charge in [0.25, 0.3) is 0 Å². The molecule has 92 valence electrons. The van der Waals surface area contributed by atoms with Crippen molar-refractivity contribution in [2.75, 3.05) is 0 Å². The molecule has 17 heavy (non-hydrogen) atoms. The monoisotopic (exact) mass is 245 g/mol. The minimum Gasteiger partial charge on any atom is -0.370 e. The quantitative estimate of drug-likeness (QED) is 0.473. The average Bonchev–Trinajstić information content (AvgIpc) is 2.14. The molecule has 4 nitrogen and oxygen atoms in total. The van der Waals surface area contributed by atoms with Crippen molar-refractivity contribution in [3.05, 3.63) is 29.3 Å². The lowest BCUT2D eigenvalue weighted by molar-refractivity contribution is -0.137. The fraction of sp³-hybridized carbons (Fsp3) is 0.200. The predicted octanol–water partition coefficient (Wildman–Crippen LogP) is 1.81. The summed E-state index contributed by atoms with van der Waals surface area (Å²) < 4.78 is 37.6. The number of benzene rings is 1. The van der Waals surface area contributed by atoms with Gasteiger partial charge in [-0.1, -0.05) is 0 Å². The van der Waals surface area contributed by atoms with Gasteiger partial charge in [0.2, 0.25) is 0 Å². The van der Waals surface area contributed by atoms with Gasteiger partial charge in [0.15, 0.2) is 11.7 Å². The van der Waals surface area contributed by atoms with E-state index < -0.39 is 17.5 Å². The van der Waals surface area contributed by atoms with Crippen LogP contribution in [0.3, 0.4) is 0 Å². The predicted molar refractivity (Wildman–Crippen MR) is 56.9 cm³/mol. The Bertz CT molecular complexity index is 476. The number of guanidine groups is 1. The molecule has 4 N–H and O–H groups in total. The molecule has 0 saturated heterocycles. The van der Waals surface area contributed by atoms with E-state index in [-0.39, 0.29) is 17.2 Å². The van der Waals surface area contributed by atoms with Crippen LogP contribution in [-0.4, -0.2) is 11.7 Å². The number of carbonyl (C=O) groups is 1. The highest BCUT2D eigenvalue weighted by molar-refractivity contribution is 5.95. The van der Waals surface area contributed by atoms with E-state index in [9.17, 15) is 18.0 Å². The van der Waals surface area contributed by atoms with E-state index in [1.54, 1.807) is 0 Å². The van der Waals surface area contributed by atoms with Crippen molar-refractivity contribution in [2.24, 2.45) is 16.5 Å². The summed E-state index contributed by atoms with van der Waals surface area (Å²) in [6.45, 7) is 1.16. The van der Waals surface area contributed by atoms with Crippen LogP contribution in [0.2, 0.25) is 0 Å². The van der Waals surface area contributed by atoms with Gasteiger partial charge in [0.05, 0.1) is 11.3 Å². The van der Waals surface area contributed by atoms with Gasteiger partial charge in [0, 0.05) is 5.56 Å². The lowest BCUT2D eigenvalue weighted by Crippen LogP contribution is -2.22. The van der Waals surface area contributed by atoms with Crippen LogP contribution in [0.15, 0.2) is 23.2 Å². The van der Waals surface area contributed by atoms with Crippen LogP contribution < -0.4 is 11.5 Å². The molecule has 0 aromatic heterocycles. The van der Waals surface area contributed by atoms with Crippen LogP contribution in [0.5, 0.6) is 0 Å². The molecule has 1 rings (SSSR count). The van der Waals surface area contributed by atoms with Gasteiger partial charge in [-0.3, -0.25) is 4.79 Å². The number of rotatable bonds is 2. The fourth-order valence-electron chi connectivity index (χ4n) is 1.19. The van der Waals surface area contributed by atoms with E-state index in [0.29, 0.717) is 0 Å². The topological polar surface area (TPSA) is 81.5 Å². The highest BCUT2D eigenvalue weighted by Gasteiger charge is 2.31. The molecular formula is C10H10F3N3O. The van der Waals surface area contributed by atoms with Crippen LogP contribution >= 0.6 is 0 Å². The van der Waals surface area contributed by atoms with E-state index in [1.165, 1.54) is 6.07 Å². The number of hydrogen-bond donors (Lipinski definition) is 2. The Balaban J connectivity index is 3.39. The lowest BCUT2D eigenvalue weighted by atomic mass is 10.1. The molecule has 0 aliphatic rings. The zero-order valence-electron chi connectivity index (χ0n) is 8.88. The minimum atomic E-state index is -4.56. The van der Waals surface area contributed by atoms with Crippen molar-refractivity contribution < 1.29 is 18.0 Å². The molecule has 0 atom stereocenters. The Hall–Kier alpha value is -2.05. The summed E-state index contributed by atoms with van der Waals surface area (Å²) in [4.78, 5) is 14.6. The van der Waals surface area contributed by atoms with Gasteiger partial charge in [-0.25, -0.2) is 4.99 Å². The molecule has 0 saturated carbocycles. The van der Waals surface area contributed by atoms with Gasteiger partial charge in [-0.2, -0.15) is 13.2 Å². The minimum absolute atomic E-state index is 0.0974. The number of aliphatic imine (C=N–C) groups is 1. The fourth-order valence-corrected chi connectivity index (χ4v) is 1.19. The number of ketones is 1. The third-order valence-electron chi connectivity index (χ3n) is 1.91. The summed E-state index contributed by atoms with van der Waals surface area (Å²) in [5.41, 5.74) is 8.97. The molecular weight excluding hydrogens is 235 g/mol. The van der Waals surface area contributed by atoms with Gasteiger partial charge in [0.1, 0.15) is 0 Å². The molecule has 0 amide bonds. The number of nitrogens with two attached hydrogens (primary N) is 2. The second-order valence-corrected chi connectivity index (χ2v) is 3.36. The number of hydrogen-bond acceptors (Lipinski definition) is 2. The number of carbonyl (C=O) groups excluding carboxylic acids is 1. The zero-order chi connectivity index (χ0) is 13.2. The third-order valence-corrected chi connectivity index (χ3v) is 1.91. The summed E-state index contributed by atoms with van der Waals surface area (Å²) in [6, 6.07) is 2.72. The lowest BCUT2D eigenvalue weighted by Gasteiger charge is -2.09. The first-order chi connectivity index (χ1) is 7.70. The zero-order valence-corrected chi connectivity index (χ0v) is 8.88. The second kappa shape index (κ2) is 4.44. The van der Waals surface area contributed by atoms with Crippen LogP contribution in [-0.2, 0) is 6.18 Å². The van der Waals surface area contributed by atoms with Crippen molar-refractivity contribution in [1.82, 2.24) is 0 Å². The highest BCUT2D eigenvalue weighted by Crippen LogP contribution is 2.32. The maximum Gasteiger partial charge on any atom is 0.416 e. The number of halogens is 3. The molecule has 0 aliphatic heterocycles. The summed E-state index contributed by atoms with van der Waals surface area (Å²) >= 11 is 0. The molecule has 0 bridgehead atoms. The van der Waals surface area contributed by atoms with Crippen molar-refractivity contribution in [3.8, 4) is 0 Å². The van der Waals surface area contributed by atoms with E-state index in [1.807, 2.05) is 0 Å². The summed E-state index contributed by atoms with van der Waals surface area (Å²) in [5, 5.41) is 0. The van der Waals surface area contributed by atoms with E-state index in [2.05, 4.69) is 4.99 Å². The Morgan fingerprint density at radius 1 is 1.24 bits per heavy atom. The maximum absolute atomic E-state index is 12.5. The largest absolute Gasteiger partial charge is 0.416 e. The summed E-state index contributed by atoms with van der Waals surface area (Å²) in [5.74, 6) is -0.873. The first-order valence-electron chi connectivity index (χ1n) is 4.53. The van der Waals surface area contributed by atoms with E-state index in [0.717, 1.165) is 19.1 Å². The molecule has 0 unspecified atom stereocenters. The molecule has 0 aliphatic carbocycles. The summed E-state index contributed by atoms with van der Waals surface area (Å²) in [7, 11) is 0. The van der Waals surface area contributed by atoms with Gasteiger partial charge >= 0.3 is 6.18 Å². The maximum atomic E-state index is 12.5. The molecule has 1 aromatic rings. The van der Waals surface area contributed by atoms with Crippen molar-refractivity contribution in [1.29, 1.82) is 0 Å². The first-order valence-corrected chi connectivity index (χ1v) is 4.53. The second-order valence-electron chi connectivity index (χ2n) is 3.36. The van der Waals surface area contributed by atoms with Gasteiger partial charge in [-0.05, 0) is 25.1 Å². The van der Waals surface area contributed by atoms with Crippen LogP contribution in [0.1, 0.15) is 22.8 Å². The number of alkyl halides is 3. The Labute approximate surface area is 95.1 Å². The molecule has 0 radical (unpaired) electrons. The summed E-state index contributed by atoms with van der Waals surface area (Å²) in [6.07, 6.45) is -4.56. The molecule has 0 heterocycles. The first kappa shape index (κ1) is 13.0. The third kappa shape index (κ3) is 3.47. The average molecular weight is 245 g/mol.